The van der Waals surface area contributed by atoms with Gasteiger partial charge in [0.05, 0.1) is 11.7 Å². The Hall–Kier alpha value is -1.26. The van der Waals surface area contributed by atoms with E-state index in [9.17, 15) is 0 Å². The number of likely N-dealkylation sites (tertiary alicyclic amines) is 1. The summed E-state index contributed by atoms with van der Waals surface area (Å²) < 4.78 is 0. The van der Waals surface area contributed by atoms with Crippen LogP contribution in [0.15, 0.2) is 23.3 Å². The first-order chi connectivity index (χ1) is 10.3. The van der Waals surface area contributed by atoms with Crippen molar-refractivity contribution in [3.8, 4) is 0 Å². The van der Waals surface area contributed by atoms with Gasteiger partial charge in [0.2, 0.25) is 0 Å². The molecule has 0 radical (unpaired) electrons. The summed E-state index contributed by atoms with van der Waals surface area (Å²) in [5.74, 6) is 0. The van der Waals surface area contributed by atoms with Crippen molar-refractivity contribution in [1.29, 1.82) is 0 Å². The zero-order valence-electron chi connectivity index (χ0n) is 13.0. The Bertz CT molecular complexity index is 481. The third kappa shape index (κ3) is 4.61. The molecule has 0 aromatic carbocycles. The number of pyridine rings is 1. The van der Waals surface area contributed by atoms with E-state index in [1.807, 2.05) is 18.5 Å². The quantitative estimate of drug-likeness (QED) is 0.617. The summed E-state index contributed by atoms with van der Waals surface area (Å²) >= 11 is 0. The lowest BCUT2D eigenvalue weighted by Crippen LogP contribution is -2.29. The Morgan fingerprint density at radius 1 is 1.43 bits per heavy atom. The van der Waals surface area contributed by atoms with Crippen LogP contribution < -0.4 is 5.32 Å². The first-order valence-corrected chi connectivity index (χ1v) is 8.20. The van der Waals surface area contributed by atoms with E-state index in [4.69, 9.17) is 0 Å². The van der Waals surface area contributed by atoms with Crippen molar-refractivity contribution in [3.05, 3.63) is 29.6 Å². The molecule has 2 aliphatic rings. The summed E-state index contributed by atoms with van der Waals surface area (Å²) in [5, 5.41) is 3.52. The van der Waals surface area contributed by atoms with Crippen LogP contribution in [0, 0.1) is 0 Å². The molecule has 2 fully saturated rings. The van der Waals surface area contributed by atoms with Gasteiger partial charge in [-0.3, -0.25) is 9.98 Å². The molecule has 1 saturated carbocycles. The van der Waals surface area contributed by atoms with Crippen LogP contribution >= 0.6 is 0 Å². The fourth-order valence-electron chi connectivity index (χ4n) is 2.92. The molecular weight excluding hydrogens is 260 g/mol. The molecule has 1 N–H and O–H groups in total. The molecule has 1 aliphatic carbocycles. The maximum absolute atomic E-state index is 4.53. The highest BCUT2D eigenvalue weighted by Crippen LogP contribution is 2.23. The molecule has 4 nitrogen and oxygen atoms in total. The minimum atomic E-state index is 0.586. The molecular formula is C17H26N4. The summed E-state index contributed by atoms with van der Waals surface area (Å²) in [6.07, 6.45) is 10.3. The Morgan fingerprint density at radius 3 is 3.10 bits per heavy atom. The van der Waals surface area contributed by atoms with Gasteiger partial charge in [0.25, 0.3) is 0 Å². The molecule has 1 aliphatic heterocycles. The molecule has 114 valence electrons. The molecule has 3 rings (SSSR count). The molecule has 0 bridgehead atoms. The highest BCUT2D eigenvalue weighted by molar-refractivity contribution is 5.79. The van der Waals surface area contributed by atoms with Crippen LogP contribution in [0.5, 0.6) is 0 Å². The molecule has 1 atom stereocenters. The maximum atomic E-state index is 4.53. The molecule has 21 heavy (non-hydrogen) atoms. The third-order valence-electron chi connectivity index (χ3n) is 4.45. The number of rotatable bonds is 7. The molecule has 1 unspecified atom stereocenters. The summed E-state index contributed by atoms with van der Waals surface area (Å²) in [6, 6.07) is 5.52. The van der Waals surface area contributed by atoms with E-state index in [-0.39, 0.29) is 0 Å². The lowest BCUT2D eigenvalue weighted by molar-refractivity contribution is 0.293. The molecule has 1 aromatic rings. The Labute approximate surface area is 127 Å². The van der Waals surface area contributed by atoms with E-state index in [1.54, 1.807) is 0 Å². The topological polar surface area (TPSA) is 40.5 Å². The zero-order valence-corrected chi connectivity index (χ0v) is 13.0. The van der Waals surface area contributed by atoms with Crippen molar-refractivity contribution in [1.82, 2.24) is 15.2 Å². The highest BCUT2D eigenvalue weighted by Gasteiger charge is 2.20. The van der Waals surface area contributed by atoms with Crippen LogP contribution in [-0.2, 0) is 6.54 Å². The molecule has 2 heterocycles. The first kappa shape index (κ1) is 14.7. The van der Waals surface area contributed by atoms with Gasteiger partial charge < -0.3 is 10.2 Å². The summed E-state index contributed by atoms with van der Waals surface area (Å²) in [4.78, 5) is 11.4. The van der Waals surface area contributed by atoms with Crippen molar-refractivity contribution in [3.63, 3.8) is 0 Å². The fourth-order valence-corrected chi connectivity index (χ4v) is 2.92. The Morgan fingerprint density at radius 2 is 2.33 bits per heavy atom. The molecule has 0 spiro atoms. The second-order valence-electron chi connectivity index (χ2n) is 6.33. The van der Waals surface area contributed by atoms with Gasteiger partial charge in [-0.1, -0.05) is 0 Å². The molecule has 1 saturated heterocycles. The van der Waals surface area contributed by atoms with E-state index >= 15 is 0 Å². The van der Waals surface area contributed by atoms with Crippen LogP contribution in [-0.4, -0.2) is 48.3 Å². The van der Waals surface area contributed by atoms with Crippen molar-refractivity contribution in [2.24, 2.45) is 4.99 Å². The van der Waals surface area contributed by atoms with Gasteiger partial charge in [0.1, 0.15) is 0 Å². The number of aliphatic imine (C=N–C) groups is 1. The van der Waals surface area contributed by atoms with Crippen molar-refractivity contribution >= 4 is 6.21 Å². The number of nitrogens with zero attached hydrogens (tertiary/aromatic N) is 3. The van der Waals surface area contributed by atoms with Crippen LogP contribution in [0.4, 0.5) is 0 Å². The van der Waals surface area contributed by atoms with Crippen molar-refractivity contribution in [2.45, 2.75) is 50.7 Å². The van der Waals surface area contributed by atoms with Crippen LogP contribution in [0.25, 0.3) is 0 Å². The van der Waals surface area contributed by atoms with Gasteiger partial charge in [0, 0.05) is 25.0 Å². The molecule has 4 heteroatoms. The van der Waals surface area contributed by atoms with Crippen molar-refractivity contribution < 1.29 is 0 Å². The minimum absolute atomic E-state index is 0.586. The van der Waals surface area contributed by atoms with Crippen LogP contribution in [0.1, 0.15) is 43.4 Å². The lowest BCUT2D eigenvalue weighted by atomic mass is 10.1. The average molecular weight is 286 g/mol. The molecule has 0 amide bonds. The number of nitrogens with one attached hydrogen (secondary N) is 1. The van der Waals surface area contributed by atoms with Gasteiger partial charge in [-0.15, -0.1) is 0 Å². The SMILES string of the molecule is CN1CCCC1CCNCc1cc(C=NC2CC2)ccn1. The van der Waals surface area contributed by atoms with Gasteiger partial charge in [-0.2, -0.15) is 0 Å². The van der Waals surface area contributed by atoms with E-state index < -0.39 is 0 Å². The summed E-state index contributed by atoms with van der Waals surface area (Å²) in [6.45, 7) is 3.17. The second kappa shape index (κ2) is 7.14. The van der Waals surface area contributed by atoms with Crippen LogP contribution in [0.3, 0.4) is 0 Å². The number of aromatic nitrogens is 1. The van der Waals surface area contributed by atoms with Gasteiger partial charge >= 0.3 is 0 Å². The van der Waals surface area contributed by atoms with Gasteiger partial charge in [-0.05, 0) is 69.9 Å². The Balaban J connectivity index is 1.41. The first-order valence-electron chi connectivity index (χ1n) is 8.20. The summed E-state index contributed by atoms with van der Waals surface area (Å²) in [5.41, 5.74) is 2.28. The van der Waals surface area contributed by atoms with Crippen LogP contribution in [0.2, 0.25) is 0 Å². The van der Waals surface area contributed by atoms with E-state index in [2.05, 4.69) is 33.3 Å². The normalized spacial score (nSPS) is 23.2. The number of hydrogen-bond donors (Lipinski definition) is 1. The van der Waals surface area contributed by atoms with E-state index in [0.29, 0.717) is 6.04 Å². The third-order valence-corrected chi connectivity index (χ3v) is 4.45. The van der Waals surface area contributed by atoms with E-state index in [1.165, 1.54) is 44.2 Å². The largest absolute Gasteiger partial charge is 0.311 e. The predicted molar refractivity (Wildman–Crippen MR) is 86.8 cm³/mol. The van der Waals surface area contributed by atoms with Crippen molar-refractivity contribution in [2.75, 3.05) is 20.1 Å². The predicted octanol–water partition coefficient (Wildman–Crippen LogP) is 2.24. The average Bonchev–Trinajstić information content (AvgIpc) is 3.24. The Kier molecular flexibility index (Phi) is 4.99. The maximum Gasteiger partial charge on any atom is 0.0548 e. The van der Waals surface area contributed by atoms with Gasteiger partial charge in [-0.25, -0.2) is 0 Å². The lowest BCUT2D eigenvalue weighted by Gasteiger charge is -2.19. The smallest absolute Gasteiger partial charge is 0.0548 e. The highest BCUT2D eigenvalue weighted by atomic mass is 15.1. The van der Waals surface area contributed by atoms with Gasteiger partial charge in [0.15, 0.2) is 0 Å². The zero-order chi connectivity index (χ0) is 14.5. The van der Waals surface area contributed by atoms with E-state index in [0.717, 1.165) is 24.8 Å². The fraction of sp³-hybridized carbons (Fsp3) is 0.647. The molecule has 1 aromatic heterocycles. The summed E-state index contributed by atoms with van der Waals surface area (Å²) in [7, 11) is 2.24. The monoisotopic (exact) mass is 286 g/mol. The minimum Gasteiger partial charge on any atom is -0.311 e. The standard InChI is InChI=1S/C17H26N4/c1-21-10-2-3-17(21)7-8-18-13-16-11-14(6-9-19-16)12-20-15-4-5-15/h6,9,11-12,15,17-18H,2-5,7-8,10,13H2,1H3. The second-order valence-corrected chi connectivity index (χ2v) is 6.33. The number of hydrogen-bond acceptors (Lipinski definition) is 4.